The standard InChI is InChI=1S/C18H21F2IN4O3/c1-9(26)28-14-8-27-5-4-12(14)23-18-22-7-13-15(20)16(21)17(25(13)24-18)10-2-3-11(19)6-10/h7,10-12,14H,2-6,8H2,1H3,(H,23,24). The van der Waals surface area contributed by atoms with Crippen LogP contribution in [0.4, 0.5) is 14.7 Å². The van der Waals surface area contributed by atoms with Gasteiger partial charge in [0.1, 0.15) is 17.8 Å². The van der Waals surface area contributed by atoms with Crippen molar-refractivity contribution in [2.75, 3.05) is 18.5 Å². The van der Waals surface area contributed by atoms with Crippen molar-refractivity contribution in [1.82, 2.24) is 14.6 Å². The van der Waals surface area contributed by atoms with Crippen LogP contribution in [-0.2, 0) is 14.3 Å². The molecule has 7 nitrogen and oxygen atoms in total. The SMILES string of the molecule is CC(=O)OC1COCCC1Nc1ncc2c(F)c(I)c(C3CCC(F)C3)n2n1. The van der Waals surface area contributed by atoms with Gasteiger partial charge in [0.05, 0.1) is 28.1 Å². The molecule has 3 heterocycles. The maximum atomic E-state index is 14.7. The maximum absolute atomic E-state index is 14.7. The quantitative estimate of drug-likeness (QED) is 0.507. The van der Waals surface area contributed by atoms with Crippen LogP contribution in [0.25, 0.3) is 5.52 Å². The maximum Gasteiger partial charge on any atom is 0.303 e. The summed E-state index contributed by atoms with van der Waals surface area (Å²) in [5.74, 6) is -0.532. The average molecular weight is 506 g/mol. The summed E-state index contributed by atoms with van der Waals surface area (Å²) in [5.41, 5.74) is 0.970. The lowest BCUT2D eigenvalue weighted by atomic mass is 10.0. The van der Waals surface area contributed by atoms with Gasteiger partial charge in [-0.05, 0) is 48.3 Å². The van der Waals surface area contributed by atoms with E-state index >= 15 is 0 Å². The van der Waals surface area contributed by atoms with Gasteiger partial charge in [-0.1, -0.05) is 0 Å². The summed E-state index contributed by atoms with van der Waals surface area (Å²) in [6.07, 6.45) is 2.27. The number of nitrogens with zero attached hydrogens (tertiary/aromatic N) is 3. The van der Waals surface area contributed by atoms with E-state index in [-0.39, 0.29) is 29.3 Å². The number of halogens is 3. The van der Waals surface area contributed by atoms with Crippen molar-refractivity contribution in [3.8, 4) is 0 Å². The van der Waals surface area contributed by atoms with Gasteiger partial charge in [0, 0.05) is 19.4 Å². The zero-order chi connectivity index (χ0) is 19.8. The molecular formula is C18H21F2IN4O3. The van der Waals surface area contributed by atoms with Gasteiger partial charge in [-0.2, -0.15) is 0 Å². The van der Waals surface area contributed by atoms with Crippen molar-refractivity contribution in [2.45, 2.75) is 56.8 Å². The first-order chi connectivity index (χ1) is 13.4. The Morgan fingerprint density at radius 2 is 2.25 bits per heavy atom. The summed E-state index contributed by atoms with van der Waals surface area (Å²) in [7, 11) is 0. The van der Waals surface area contributed by atoms with Gasteiger partial charge in [0.2, 0.25) is 5.95 Å². The highest BCUT2D eigenvalue weighted by molar-refractivity contribution is 14.1. The first kappa shape index (κ1) is 19.7. The van der Waals surface area contributed by atoms with Crippen molar-refractivity contribution in [2.24, 2.45) is 0 Å². The number of fused-ring (bicyclic) bond motifs is 1. The molecule has 1 aliphatic heterocycles. The topological polar surface area (TPSA) is 77.8 Å². The van der Waals surface area contributed by atoms with Gasteiger partial charge < -0.3 is 14.8 Å². The van der Waals surface area contributed by atoms with E-state index in [0.29, 0.717) is 54.1 Å². The number of alkyl halides is 1. The van der Waals surface area contributed by atoms with Crippen molar-refractivity contribution >= 4 is 40.0 Å². The van der Waals surface area contributed by atoms with Gasteiger partial charge in [-0.3, -0.25) is 4.79 Å². The monoisotopic (exact) mass is 506 g/mol. The summed E-state index contributed by atoms with van der Waals surface area (Å²) in [6, 6.07) is -0.209. The predicted molar refractivity (Wildman–Crippen MR) is 106 cm³/mol. The molecule has 1 N–H and O–H groups in total. The van der Waals surface area contributed by atoms with E-state index in [0.717, 1.165) is 0 Å². The minimum atomic E-state index is -0.861. The molecular weight excluding hydrogens is 485 g/mol. The third-order valence-corrected chi connectivity index (χ3v) is 6.32. The number of ether oxygens (including phenoxy) is 2. The van der Waals surface area contributed by atoms with E-state index in [4.69, 9.17) is 9.47 Å². The summed E-state index contributed by atoms with van der Waals surface area (Å²) >= 11 is 1.96. The van der Waals surface area contributed by atoms with E-state index in [1.54, 1.807) is 0 Å². The largest absolute Gasteiger partial charge is 0.458 e. The summed E-state index contributed by atoms with van der Waals surface area (Å²) in [4.78, 5) is 15.6. The molecule has 2 aromatic rings. The zero-order valence-electron chi connectivity index (χ0n) is 15.3. The van der Waals surface area contributed by atoms with Gasteiger partial charge in [-0.15, -0.1) is 5.10 Å². The van der Waals surface area contributed by atoms with Crippen molar-refractivity contribution < 1.29 is 23.0 Å². The second-order valence-electron chi connectivity index (χ2n) is 7.26. The van der Waals surface area contributed by atoms with Crippen LogP contribution in [0.5, 0.6) is 0 Å². The Morgan fingerprint density at radius 3 is 2.96 bits per heavy atom. The van der Waals surface area contributed by atoms with Crippen LogP contribution in [0.2, 0.25) is 0 Å². The fraction of sp³-hybridized carbons (Fsp3) is 0.611. The van der Waals surface area contributed by atoms with Crippen molar-refractivity contribution in [1.29, 1.82) is 0 Å². The van der Waals surface area contributed by atoms with Crippen LogP contribution in [0.15, 0.2) is 6.20 Å². The van der Waals surface area contributed by atoms with Gasteiger partial charge in [-0.25, -0.2) is 18.3 Å². The van der Waals surface area contributed by atoms with Crippen LogP contribution >= 0.6 is 22.6 Å². The zero-order valence-corrected chi connectivity index (χ0v) is 17.5. The first-order valence-electron chi connectivity index (χ1n) is 9.32. The molecule has 4 rings (SSSR count). The molecule has 4 unspecified atom stereocenters. The van der Waals surface area contributed by atoms with Crippen LogP contribution in [0, 0.1) is 9.39 Å². The van der Waals surface area contributed by atoms with Gasteiger partial charge in [0.15, 0.2) is 5.82 Å². The fourth-order valence-electron chi connectivity index (χ4n) is 3.97. The second-order valence-corrected chi connectivity index (χ2v) is 8.34. The molecule has 2 aromatic heterocycles. The Hall–Kier alpha value is -1.56. The number of rotatable bonds is 4. The Kier molecular flexibility index (Phi) is 5.68. The molecule has 4 atom stereocenters. The number of carbonyl (C=O) groups is 1. The molecule has 2 fully saturated rings. The molecule has 10 heteroatoms. The Labute approximate surface area is 174 Å². The van der Waals surface area contributed by atoms with Crippen LogP contribution in [0.3, 0.4) is 0 Å². The summed E-state index contributed by atoms with van der Waals surface area (Å²) in [6.45, 7) is 2.17. The minimum Gasteiger partial charge on any atom is -0.458 e. The third kappa shape index (κ3) is 3.80. The van der Waals surface area contributed by atoms with E-state index < -0.39 is 12.3 Å². The molecule has 152 valence electrons. The number of carbonyl (C=O) groups excluding carboxylic acids is 1. The first-order valence-corrected chi connectivity index (χ1v) is 10.4. The van der Waals surface area contributed by atoms with Crippen LogP contribution in [-0.4, -0.2) is 52.1 Å². The van der Waals surface area contributed by atoms with Crippen LogP contribution in [0.1, 0.15) is 44.2 Å². The van der Waals surface area contributed by atoms with Crippen molar-refractivity contribution in [3.63, 3.8) is 0 Å². The average Bonchev–Trinajstić information content (AvgIpc) is 3.18. The number of hydrogen-bond donors (Lipinski definition) is 1. The number of hydrogen-bond acceptors (Lipinski definition) is 6. The molecule has 0 bridgehead atoms. The van der Waals surface area contributed by atoms with E-state index in [1.807, 2.05) is 22.6 Å². The minimum absolute atomic E-state index is 0.0708. The van der Waals surface area contributed by atoms with E-state index in [9.17, 15) is 13.6 Å². The molecule has 1 saturated heterocycles. The Balaban J connectivity index is 1.64. The van der Waals surface area contributed by atoms with E-state index in [2.05, 4.69) is 15.4 Å². The van der Waals surface area contributed by atoms with Crippen LogP contribution < -0.4 is 5.32 Å². The molecule has 0 aromatic carbocycles. The highest BCUT2D eigenvalue weighted by Gasteiger charge is 2.33. The highest BCUT2D eigenvalue weighted by atomic mass is 127. The highest BCUT2D eigenvalue weighted by Crippen LogP contribution is 2.40. The molecule has 0 radical (unpaired) electrons. The summed E-state index contributed by atoms with van der Waals surface area (Å²) in [5, 5.41) is 7.66. The molecule has 28 heavy (non-hydrogen) atoms. The van der Waals surface area contributed by atoms with E-state index in [1.165, 1.54) is 17.6 Å². The lowest BCUT2D eigenvalue weighted by Gasteiger charge is -2.31. The number of anilines is 1. The smallest absolute Gasteiger partial charge is 0.303 e. The molecule has 1 aliphatic carbocycles. The Morgan fingerprint density at radius 1 is 1.43 bits per heavy atom. The Bertz CT molecular complexity index is 893. The number of esters is 1. The third-order valence-electron chi connectivity index (χ3n) is 5.29. The normalized spacial score (nSPS) is 27.9. The van der Waals surface area contributed by atoms with Crippen molar-refractivity contribution in [3.05, 3.63) is 21.3 Å². The fourth-order valence-corrected chi connectivity index (χ4v) is 4.91. The lowest BCUT2D eigenvalue weighted by molar-refractivity contribution is -0.153. The summed E-state index contributed by atoms with van der Waals surface area (Å²) < 4.78 is 41.1. The number of nitrogens with one attached hydrogen (secondary N) is 1. The molecule has 2 aliphatic rings. The molecule has 0 spiro atoms. The lowest BCUT2D eigenvalue weighted by Crippen LogP contribution is -2.44. The second kappa shape index (κ2) is 8.05. The van der Waals surface area contributed by atoms with Gasteiger partial charge >= 0.3 is 5.97 Å². The molecule has 0 amide bonds. The molecule has 1 saturated carbocycles. The van der Waals surface area contributed by atoms with Gasteiger partial charge in [0.25, 0.3) is 0 Å². The number of aromatic nitrogens is 3. The predicted octanol–water partition coefficient (Wildman–Crippen LogP) is 3.21.